The molecule has 2 aromatic heterocycles. The predicted octanol–water partition coefficient (Wildman–Crippen LogP) is 3.78. The van der Waals surface area contributed by atoms with Crippen molar-refractivity contribution in [3.05, 3.63) is 54.3 Å². The zero-order chi connectivity index (χ0) is 17.4. The number of anilines is 2. The van der Waals surface area contributed by atoms with Crippen molar-refractivity contribution in [2.45, 2.75) is 6.92 Å². The lowest BCUT2D eigenvalue weighted by Gasteiger charge is -1.99. The van der Waals surface area contributed by atoms with Crippen LogP contribution in [0.15, 0.2) is 57.4 Å². The van der Waals surface area contributed by atoms with Gasteiger partial charge in [-0.3, -0.25) is 14.9 Å². The molecule has 2 N–H and O–H groups in total. The summed E-state index contributed by atoms with van der Waals surface area (Å²) < 4.78 is 11.0. The van der Waals surface area contributed by atoms with Crippen LogP contribution in [-0.4, -0.2) is 16.8 Å². The number of amides is 2. The molecule has 0 saturated carbocycles. The van der Waals surface area contributed by atoms with Gasteiger partial charge in [-0.05, 0) is 24.3 Å². The molecule has 0 fully saturated rings. The number of benzene rings is 2. The van der Waals surface area contributed by atoms with Crippen molar-refractivity contribution in [3.63, 3.8) is 0 Å². The van der Waals surface area contributed by atoms with Gasteiger partial charge in [-0.2, -0.15) is 4.98 Å². The van der Waals surface area contributed by atoms with Crippen molar-refractivity contribution in [3.8, 4) is 0 Å². The second-order valence-corrected chi connectivity index (χ2v) is 5.49. The van der Waals surface area contributed by atoms with Crippen LogP contribution in [0.25, 0.3) is 22.1 Å². The van der Waals surface area contributed by atoms with E-state index in [0.29, 0.717) is 22.4 Å². The Morgan fingerprint density at radius 3 is 2.60 bits per heavy atom. The average molecular weight is 335 g/mol. The second kappa shape index (κ2) is 5.79. The lowest BCUT2D eigenvalue weighted by atomic mass is 10.2. The zero-order valence-electron chi connectivity index (χ0n) is 13.2. The normalized spacial score (nSPS) is 10.9. The fourth-order valence-corrected chi connectivity index (χ4v) is 2.51. The number of furan rings is 1. The van der Waals surface area contributed by atoms with E-state index in [-0.39, 0.29) is 17.7 Å². The molecule has 0 aliphatic heterocycles. The molecular formula is C18H13N3O4. The lowest BCUT2D eigenvalue weighted by Crippen LogP contribution is -2.10. The first kappa shape index (κ1) is 14.9. The van der Waals surface area contributed by atoms with E-state index in [9.17, 15) is 9.59 Å². The van der Waals surface area contributed by atoms with Crippen LogP contribution in [0.3, 0.4) is 0 Å². The van der Waals surface area contributed by atoms with Crippen molar-refractivity contribution >= 4 is 45.6 Å². The minimum absolute atomic E-state index is 0.0560. The van der Waals surface area contributed by atoms with Gasteiger partial charge in [0.1, 0.15) is 11.1 Å². The zero-order valence-corrected chi connectivity index (χ0v) is 13.2. The Balaban J connectivity index is 1.59. The minimum atomic E-state index is -0.454. The molecule has 2 amide bonds. The van der Waals surface area contributed by atoms with Gasteiger partial charge in [0, 0.05) is 24.1 Å². The van der Waals surface area contributed by atoms with E-state index in [1.807, 2.05) is 18.2 Å². The first-order valence-corrected chi connectivity index (χ1v) is 7.56. The molecule has 124 valence electrons. The summed E-state index contributed by atoms with van der Waals surface area (Å²) >= 11 is 0. The summed E-state index contributed by atoms with van der Waals surface area (Å²) in [7, 11) is 0. The maximum absolute atomic E-state index is 12.3. The van der Waals surface area contributed by atoms with Crippen molar-refractivity contribution in [2.24, 2.45) is 0 Å². The summed E-state index contributed by atoms with van der Waals surface area (Å²) in [5.74, 6) is -0.468. The summed E-state index contributed by atoms with van der Waals surface area (Å²) in [5, 5.41) is 6.07. The van der Waals surface area contributed by atoms with E-state index in [1.165, 1.54) is 6.92 Å². The predicted molar refractivity (Wildman–Crippen MR) is 92.5 cm³/mol. The number of nitrogens with zero attached hydrogens (tertiary/aromatic N) is 1. The third-order valence-corrected chi connectivity index (χ3v) is 3.58. The summed E-state index contributed by atoms with van der Waals surface area (Å²) in [6, 6.07) is 14.1. The number of carbonyl (C=O) groups excluding carboxylic acids is 2. The second-order valence-electron chi connectivity index (χ2n) is 5.49. The number of hydrogen-bond acceptors (Lipinski definition) is 5. The van der Waals surface area contributed by atoms with Crippen LogP contribution >= 0.6 is 0 Å². The fourth-order valence-electron chi connectivity index (χ4n) is 2.51. The maximum atomic E-state index is 12.3. The number of fused-ring (bicyclic) bond motifs is 2. The van der Waals surface area contributed by atoms with Crippen molar-refractivity contribution in [2.75, 3.05) is 10.6 Å². The molecule has 0 bridgehead atoms. The smallest absolute Gasteiger partial charge is 0.302 e. The molecule has 0 saturated heterocycles. The van der Waals surface area contributed by atoms with Gasteiger partial charge in [-0.1, -0.05) is 18.2 Å². The Kier molecular flexibility index (Phi) is 3.46. The number of nitrogens with one attached hydrogen (secondary N) is 2. The third kappa shape index (κ3) is 2.94. The van der Waals surface area contributed by atoms with Gasteiger partial charge < -0.3 is 14.2 Å². The Labute approximate surface area is 141 Å². The molecule has 2 heterocycles. The number of carbonyl (C=O) groups is 2. The molecule has 0 aliphatic carbocycles. The van der Waals surface area contributed by atoms with Crippen LogP contribution in [-0.2, 0) is 4.79 Å². The highest BCUT2D eigenvalue weighted by Crippen LogP contribution is 2.24. The molecule has 7 heteroatoms. The van der Waals surface area contributed by atoms with Crippen molar-refractivity contribution in [1.29, 1.82) is 0 Å². The van der Waals surface area contributed by atoms with Crippen LogP contribution in [0.5, 0.6) is 0 Å². The molecular weight excluding hydrogens is 322 g/mol. The van der Waals surface area contributed by atoms with Gasteiger partial charge in [0.2, 0.25) is 5.91 Å². The number of aromatic nitrogens is 1. The van der Waals surface area contributed by atoms with Gasteiger partial charge in [0.05, 0.1) is 0 Å². The quantitative estimate of drug-likeness (QED) is 0.594. The fraction of sp³-hybridized carbons (Fsp3) is 0.0556. The van der Waals surface area contributed by atoms with Gasteiger partial charge in [0.15, 0.2) is 11.3 Å². The Morgan fingerprint density at radius 2 is 1.80 bits per heavy atom. The van der Waals surface area contributed by atoms with E-state index in [1.54, 1.807) is 30.3 Å². The summed E-state index contributed by atoms with van der Waals surface area (Å²) in [6.07, 6.45) is 0. The van der Waals surface area contributed by atoms with Crippen molar-refractivity contribution in [1.82, 2.24) is 4.98 Å². The average Bonchev–Trinajstić information content (AvgIpc) is 3.16. The molecule has 0 unspecified atom stereocenters. The van der Waals surface area contributed by atoms with Gasteiger partial charge >= 0.3 is 6.01 Å². The first-order chi connectivity index (χ1) is 12.1. The molecule has 2 aromatic carbocycles. The van der Waals surface area contributed by atoms with Gasteiger partial charge in [-0.15, -0.1) is 0 Å². The van der Waals surface area contributed by atoms with E-state index < -0.39 is 5.91 Å². The molecule has 7 nitrogen and oxygen atoms in total. The highest BCUT2D eigenvalue weighted by atomic mass is 16.4. The molecule has 0 radical (unpaired) electrons. The topological polar surface area (TPSA) is 97.4 Å². The van der Waals surface area contributed by atoms with Crippen LogP contribution in [0, 0.1) is 0 Å². The van der Waals surface area contributed by atoms with E-state index in [0.717, 1.165) is 5.39 Å². The molecule has 4 rings (SSSR count). The molecule has 0 aliphatic rings. The van der Waals surface area contributed by atoms with Crippen LogP contribution in [0.2, 0.25) is 0 Å². The Bertz CT molecular complexity index is 1080. The summed E-state index contributed by atoms with van der Waals surface area (Å²) in [6.45, 7) is 1.42. The SMILES string of the molecule is CC(=O)Nc1ccc2nc(NC(=O)c3cc4ccccc4o3)oc2c1. The van der Waals surface area contributed by atoms with Crippen LogP contribution < -0.4 is 10.6 Å². The highest BCUT2D eigenvalue weighted by molar-refractivity contribution is 6.04. The molecule has 4 aromatic rings. The summed E-state index contributed by atoms with van der Waals surface area (Å²) in [4.78, 5) is 27.6. The third-order valence-electron chi connectivity index (χ3n) is 3.58. The number of para-hydroxylation sites is 1. The Hall–Kier alpha value is -3.61. The molecule has 0 atom stereocenters. The monoisotopic (exact) mass is 335 g/mol. The number of oxazole rings is 1. The van der Waals surface area contributed by atoms with E-state index in [4.69, 9.17) is 8.83 Å². The van der Waals surface area contributed by atoms with Crippen molar-refractivity contribution < 1.29 is 18.4 Å². The first-order valence-electron chi connectivity index (χ1n) is 7.56. The van der Waals surface area contributed by atoms with Gasteiger partial charge in [-0.25, -0.2) is 0 Å². The van der Waals surface area contributed by atoms with Gasteiger partial charge in [0.25, 0.3) is 5.91 Å². The number of hydrogen-bond donors (Lipinski definition) is 2. The summed E-state index contributed by atoms with van der Waals surface area (Å²) in [5.41, 5.74) is 2.23. The van der Waals surface area contributed by atoms with E-state index >= 15 is 0 Å². The maximum Gasteiger partial charge on any atom is 0.302 e. The van der Waals surface area contributed by atoms with Crippen LogP contribution in [0.1, 0.15) is 17.5 Å². The van der Waals surface area contributed by atoms with Crippen LogP contribution in [0.4, 0.5) is 11.7 Å². The highest BCUT2D eigenvalue weighted by Gasteiger charge is 2.15. The Morgan fingerprint density at radius 1 is 0.960 bits per heavy atom. The lowest BCUT2D eigenvalue weighted by molar-refractivity contribution is -0.114. The van der Waals surface area contributed by atoms with E-state index in [2.05, 4.69) is 15.6 Å². The minimum Gasteiger partial charge on any atom is -0.451 e. The molecule has 0 spiro atoms. The molecule has 25 heavy (non-hydrogen) atoms. The standard InChI is InChI=1S/C18H13N3O4/c1-10(22)19-12-6-7-13-15(9-12)25-18(20-13)21-17(23)16-8-11-4-2-3-5-14(11)24-16/h2-9H,1H3,(H,19,22)(H,20,21,23). The number of rotatable bonds is 3. The largest absolute Gasteiger partial charge is 0.451 e.